The number of halogens is 1. The fraction of sp³-hybridized carbons (Fsp3) is 0.318. The predicted molar refractivity (Wildman–Crippen MR) is 127 cm³/mol. The lowest BCUT2D eigenvalue weighted by Crippen LogP contribution is -2.44. The lowest BCUT2D eigenvalue weighted by Gasteiger charge is -2.19. The second-order valence-electron chi connectivity index (χ2n) is 6.85. The van der Waals surface area contributed by atoms with Crippen LogP contribution in [0.15, 0.2) is 53.0 Å². The Morgan fingerprint density at radius 3 is 2.63 bits per heavy atom. The van der Waals surface area contributed by atoms with Crippen LogP contribution in [0.4, 0.5) is 5.95 Å². The smallest absolute Gasteiger partial charge is 0.253 e. The first-order valence-corrected chi connectivity index (χ1v) is 12.0. The highest BCUT2D eigenvalue weighted by molar-refractivity contribution is 9.10. The Balaban J connectivity index is 1.82. The van der Waals surface area contributed by atoms with E-state index in [9.17, 15) is 9.59 Å². The summed E-state index contributed by atoms with van der Waals surface area (Å²) >= 11 is 5.03. The van der Waals surface area contributed by atoms with E-state index in [4.69, 9.17) is 0 Å². The first-order valence-electron chi connectivity index (χ1n) is 9.85. The van der Waals surface area contributed by atoms with E-state index in [2.05, 4.69) is 38.5 Å². The van der Waals surface area contributed by atoms with Gasteiger partial charge in [-0.15, -0.1) is 0 Å². The van der Waals surface area contributed by atoms with Crippen molar-refractivity contribution in [1.29, 1.82) is 0 Å². The minimum Gasteiger partial charge on any atom is -0.340 e. The van der Waals surface area contributed by atoms with Gasteiger partial charge in [-0.3, -0.25) is 14.9 Å². The molecule has 6 nitrogen and oxygen atoms in total. The van der Waals surface area contributed by atoms with Crippen LogP contribution in [-0.4, -0.2) is 39.4 Å². The Labute approximate surface area is 189 Å². The van der Waals surface area contributed by atoms with Crippen molar-refractivity contribution in [2.45, 2.75) is 32.4 Å². The highest BCUT2D eigenvalue weighted by atomic mass is 79.9. The standard InChI is InChI=1S/C22H25BrN4O2S/c1-3-13-27-19-11-7-6-10-17(19)25-22(27)26-21(29)18(12-14-30-2)24-20(28)15-8-4-5-9-16(15)23/h4-11,18H,3,12-14H2,1-2H3,(H,24,28)(H,25,26,29). The molecule has 3 rings (SSSR count). The van der Waals surface area contributed by atoms with Gasteiger partial charge in [0.2, 0.25) is 11.9 Å². The van der Waals surface area contributed by atoms with Crippen molar-refractivity contribution in [3.8, 4) is 0 Å². The maximum absolute atomic E-state index is 13.1. The van der Waals surface area contributed by atoms with Gasteiger partial charge in [0.25, 0.3) is 5.91 Å². The Bertz CT molecular complexity index is 1040. The molecule has 0 spiro atoms. The normalized spacial score (nSPS) is 12.0. The van der Waals surface area contributed by atoms with Crippen LogP contribution >= 0.6 is 27.7 Å². The average Bonchev–Trinajstić information content (AvgIpc) is 3.08. The van der Waals surface area contributed by atoms with E-state index < -0.39 is 6.04 Å². The van der Waals surface area contributed by atoms with Gasteiger partial charge in [0.1, 0.15) is 6.04 Å². The van der Waals surface area contributed by atoms with E-state index in [1.54, 1.807) is 30.0 Å². The third-order valence-corrected chi connectivity index (χ3v) is 6.02. The first kappa shape index (κ1) is 22.4. The summed E-state index contributed by atoms with van der Waals surface area (Å²) in [6.45, 7) is 2.83. The number of fused-ring (bicyclic) bond motifs is 1. The number of benzene rings is 2. The van der Waals surface area contributed by atoms with Crippen LogP contribution in [-0.2, 0) is 11.3 Å². The number of aryl methyl sites for hydroxylation is 1. The molecular formula is C22H25BrN4O2S. The summed E-state index contributed by atoms with van der Waals surface area (Å²) < 4.78 is 2.70. The maximum atomic E-state index is 13.1. The molecule has 2 N–H and O–H groups in total. The van der Waals surface area contributed by atoms with Gasteiger partial charge in [-0.1, -0.05) is 31.2 Å². The zero-order valence-corrected chi connectivity index (χ0v) is 19.4. The Morgan fingerprint density at radius 2 is 1.90 bits per heavy atom. The highest BCUT2D eigenvalue weighted by Gasteiger charge is 2.24. The number of carbonyl (C=O) groups is 2. The highest BCUT2D eigenvalue weighted by Crippen LogP contribution is 2.21. The minimum atomic E-state index is -0.660. The summed E-state index contributed by atoms with van der Waals surface area (Å²) in [5.41, 5.74) is 2.31. The van der Waals surface area contributed by atoms with Crippen LogP contribution in [0.3, 0.4) is 0 Å². The summed E-state index contributed by atoms with van der Waals surface area (Å²) in [7, 11) is 0. The third-order valence-electron chi connectivity index (χ3n) is 4.69. The molecule has 1 unspecified atom stereocenters. The van der Waals surface area contributed by atoms with Crippen molar-refractivity contribution >= 4 is 56.5 Å². The number of para-hydroxylation sites is 2. The molecule has 1 aromatic heterocycles. The second kappa shape index (κ2) is 10.6. The number of nitrogens with one attached hydrogen (secondary N) is 2. The number of rotatable bonds is 9. The molecule has 0 radical (unpaired) electrons. The molecule has 158 valence electrons. The molecule has 0 aliphatic rings. The molecule has 0 aliphatic carbocycles. The number of amides is 2. The molecule has 1 atom stereocenters. The van der Waals surface area contributed by atoms with Crippen molar-refractivity contribution in [1.82, 2.24) is 14.9 Å². The Kier molecular flexibility index (Phi) is 7.93. The van der Waals surface area contributed by atoms with E-state index in [-0.39, 0.29) is 11.8 Å². The van der Waals surface area contributed by atoms with Gasteiger partial charge in [-0.05, 0) is 65.0 Å². The topological polar surface area (TPSA) is 76.0 Å². The Morgan fingerprint density at radius 1 is 1.17 bits per heavy atom. The number of aromatic nitrogens is 2. The largest absolute Gasteiger partial charge is 0.340 e. The fourth-order valence-electron chi connectivity index (χ4n) is 3.20. The monoisotopic (exact) mass is 488 g/mol. The van der Waals surface area contributed by atoms with Gasteiger partial charge in [0, 0.05) is 11.0 Å². The molecule has 2 amide bonds. The quantitative estimate of drug-likeness (QED) is 0.457. The summed E-state index contributed by atoms with van der Waals surface area (Å²) in [4.78, 5) is 30.5. The molecular weight excluding hydrogens is 464 g/mol. The number of imidazole rings is 1. The van der Waals surface area contributed by atoms with Crippen molar-refractivity contribution in [2.24, 2.45) is 0 Å². The lowest BCUT2D eigenvalue weighted by atomic mass is 10.1. The SMILES string of the molecule is CCCn1c(NC(=O)C(CCSC)NC(=O)c2ccccc2Br)nc2ccccc21. The van der Waals surface area contributed by atoms with E-state index >= 15 is 0 Å². The second-order valence-corrected chi connectivity index (χ2v) is 8.69. The molecule has 0 bridgehead atoms. The number of hydrogen-bond donors (Lipinski definition) is 2. The molecule has 0 aliphatic heterocycles. The predicted octanol–water partition coefficient (Wildman–Crippen LogP) is 4.70. The molecule has 0 fully saturated rings. The number of hydrogen-bond acceptors (Lipinski definition) is 4. The van der Waals surface area contributed by atoms with Crippen LogP contribution in [0.5, 0.6) is 0 Å². The molecule has 0 saturated carbocycles. The van der Waals surface area contributed by atoms with Crippen LogP contribution in [0, 0.1) is 0 Å². The van der Waals surface area contributed by atoms with Crippen molar-refractivity contribution in [3.05, 3.63) is 58.6 Å². The molecule has 3 aromatic rings. The summed E-state index contributed by atoms with van der Waals surface area (Å²) in [6.07, 6.45) is 3.42. The summed E-state index contributed by atoms with van der Waals surface area (Å²) in [5, 5.41) is 5.83. The molecule has 30 heavy (non-hydrogen) atoms. The van der Waals surface area contributed by atoms with Gasteiger partial charge < -0.3 is 9.88 Å². The number of nitrogens with zero attached hydrogens (tertiary/aromatic N) is 2. The number of carbonyl (C=O) groups excluding carboxylic acids is 2. The van der Waals surface area contributed by atoms with E-state index in [1.165, 1.54) is 0 Å². The van der Waals surface area contributed by atoms with Crippen LogP contribution in [0.2, 0.25) is 0 Å². The van der Waals surface area contributed by atoms with Gasteiger partial charge >= 0.3 is 0 Å². The Hall–Kier alpha value is -2.32. The third kappa shape index (κ3) is 5.23. The van der Waals surface area contributed by atoms with Crippen molar-refractivity contribution in [2.75, 3.05) is 17.3 Å². The molecule has 1 heterocycles. The minimum absolute atomic E-state index is 0.267. The summed E-state index contributed by atoms with van der Waals surface area (Å²) in [6, 6.07) is 14.3. The van der Waals surface area contributed by atoms with Crippen LogP contribution in [0.25, 0.3) is 11.0 Å². The maximum Gasteiger partial charge on any atom is 0.253 e. The van der Waals surface area contributed by atoms with E-state index in [1.807, 2.05) is 41.2 Å². The zero-order valence-electron chi connectivity index (χ0n) is 17.0. The first-order chi connectivity index (χ1) is 14.5. The van der Waals surface area contributed by atoms with Crippen molar-refractivity contribution < 1.29 is 9.59 Å². The van der Waals surface area contributed by atoms with E-state index in [0.717, 1.165) is 29.8 Å². The fourth-order valence-corrected chi connectivity index (χ4v) is 4.14. The molecule has 0 saturated heterocycles. The lowest BCUT2D eigenvalue weighted by molar-refractivity contribution is -0.118. The van der Waals surface area contributed by atoms with Gasteiger partial charge in [-0.25, -0.2) is 4.98 Å². The number of thioether (sulfide) groups is 1. The molecule has 2 aromatic carbocycles. The van der Waals surface area contributed by atoms with Crippen molar-refractivity contribution in [3.63, 3.8) is 0 Å². The average molecular weight is 489 g/mol. The zero-order chi connectivity index (χ0) is 21.5. The van der Waals surface area contributed by atoms with Crippen LogP contribution in [0.1, 0.15) is 30.1 Å². The van der Waals surface area contributed by atoms with Gasteiger partial charge in [-0.2, -0.15) is 11.8 Å². The van der Waals surface area contributed by atoms with Gasteiger partial charge in [0.15, 0.2) is 0 Å². The number of anilines is 1. The van der Waals surface area contributed by atoms with E-state index in [0.29, 0.717) is 22.4 Å². The van der Waals surface area contributed by atoms with Gasteiger partial charge in [0.05, 0.1) is 16.6 Å². The molecule has 8 heteroatoms. The van der Waals surface area contributed by atoms with Crippen LogP contribution < -0.4 is 10.6 Å². The summed E-state index contributed by atoms with van der Waals surface area (Å²) in [5.74, 6) is 0.704.